The van der Waals surface area contributed by atoms with Crippen molar-refractivity contribution in [1.82, 2.24) is 4.90 Å². The van der Waals surface area contributed by atoms with E-state index in [0.29, 0.717) is 43.9 Å². The van der Waals surface area contributed by atoms with Crippen molar-refractivity contribution >= 4 is 27.3 Å². The van der Waals surface area contributed by atoms with Gasteiger partial charge in [0.2, 0.25) is 0 Å². The summed E-state index contributed by atoms with van der Waals surface area (Å²) in [5.41, 5.74) is 4.01. The van der Waals surface area contributed by atoms with Crippen LogP contribution in [0.4, 0.5) is 15.8 Å². The third-order valence-corrected chi connectivity index (χ3v) is 8.76. The highest BCUT2D eigenvalue weighted by molar-refractivity contribution is 7.92. The fraction of sp³-hybridized carbons (Fsp3) is 0.296. The van der Waals surface area contributed by atoms with Gasteiger partial charge in [-0.1, -0.05) is 17.7 Å². The molecule has 8 heteroatoms. The zero-order valence-electron chi connectivity index (χ0n) is 19.8. The average Bonchev–Trinajstić information content (AvgIpc) is 3.20. The maximum absolute atomic E-state index is 13.4. The molecular weight excluding hydrogens is 465 g/mol. The largest absolute Gasteiger partial charge is 0.368 e. The summed E-state index contributed by atoms with van der Waals surface area (Å²) >= 11 is 0. The molecule has 0 aromatic heterocycles. The van der Waals surface area contributed by atoms with E-state index in [0.717, 1.165) is 16.8 Å². The van der Waals surface area contributed by atoms with Gasteiger partial charge in [-0.25, -0.2) is 12.8 Å². The van der Waals surface area contributed by atoms with Crippen molar-refractivity contribution in [3.8, 4) is 0 Å². The smallest absolute Gasteiger partial charge is 0.264 e. The first-order valence-electron chi connectivity index (χ1n) is 11.8. The predicted molar refractivity (Wildman–Crippen MR) is 135 cm³/mol. The van der Waals surface area contributed by atoms with Crippen molar-refractivity contribution in [2.75, 3.05) is 35.4 Å². The van der Waals surface area contributed by atoms with Gasteiger partial charge in [-0.2, -0.15) is 0 Å². The summed E-state index contributed by atoms with van der Waals surface area (Å²) in [6.45, 7) is 6.28. The van der Waals surface area contributed by atoms with E-state index >= 15 is 0 Å². The van der Waals surface area contributed by atoms with Crippen LogP contribution in [0.1, 0.15) is 28.4 Å². The molecule has 2 heterocycles. The molecule has 1 fully saturated rings. The Labute approximate surface area is 205 Å². The summed E-state index contributed by atoms with van der Waals surface area (Å²) in [6, 6.07) is 18.4. The molecule has 3 aromatic rings. The third-order valence-electron chi connectivity index (χ3n) is 6.82. The topological polar surface area (TPSA) is 60.9 Å². The molecule has 0 radical (unpaired) electrons. The summed E-state index contributed by atoms with van der Waals surface area (Å²) < 4.78 is 41.4. The number of sulfonamides is 1. The predicted octanol–water partition coefficient (Wildman–Crippen LogP) is 4.24. The molecule has 3 aromatic carbocycles. The number of nitrogens with zero attached hydrogens (tertiary/aromatic N) is 3. The zero-order chi connectivity index (χ0) is 24.7. The number of carbonyl (C=O) groups is 1. The molecule has 0 saturated carbocycles. The molecule has 1 saturated heterocycles. The fourth-order valence-corrected chi connectivity index (χ4v) is 6.62. The first-order chi connectivity index (χ1) is 16.7. The number of amides is 1. The number of aryl methyl sites for hydroxylation is 1. The highest BCUT2D eigenvalue weighted by atomic mass is 32.2. The second-order valence-corrected chi connectivity index (χ2v) is 11.1. The number of benzene rings is 3. The third kappa shape index (κ3) is 4.38. The minimum atomic E-state index is -3.70. The Balaban J connectivity index is 1.32. The van der Waals surface area contributed by atoms with E-state index in [1.54, 1.807) is 48.5 Å². The molecule has 35 heavy (non-hydrogen) atoms. The maximum Gasteiger partial charge on any atom is 0.264 e. The molecule has 0 spiro atoms. The van der Waals surface area contributed by atoms with Crippen LogP contribution in [-0.4, -0.2) is 51.4 Å². The van der Waals surface area contributed by atoms with Crippen LogP contribution in [0, 0.1) is 12.7 Å². The monoisotopic (exact) mass is 493 g/mol. The van der Waals surface area contributed by atoms with Crippen LogP contribution in [0.25, 0.3) is 0 Å². The number of piperazine rings is 1. The lowest BCUT2D eigenvalue weighted by Gasteiger charge is -2.36. The number of fused-ring (bicyclic) bond motifs is 1. The van der Waals surface area contributed by atoms with Gasteiger partial charge < -0.3 is 9.80 Å². The molecule has 0 N–H and O–H groups in total. The number of hydrogen-bond donors (Lipinski definition) is 0. The lowest BCUT2D eigenvalue weighted by atomic mass is 10.1. The van der Waals surface area contributed by atoms with Gasteiger partial charge in [0, 0.05) is 43.5 Å². The quantitative estimate of drug-likeness (QED) is 0.546. The Morgan fingerprint density at radius 2 is 1.57 bits per heavy atom. The van der Waals surface area contributed by atoms with E-state index in [9.17, 15) is 17.6 Å². The number of anilines is 2. The molecule has 1 atom stereocenters. The van der Waals surface area contributed by atoms with Crippen molar-refractivity contribution in [1.29, 1.82) is 0 Å². The number of carbonyl (C=O) groups excluding carboxylic acids is 1. The molecular formula is C27H28FN3O3S. The second-order valence-electron chi connectivity index (χ2n) is 9.27. The van der Waals surface area contributed by atoms with E-state index in [1.165, 1.54) is 16.4 Å². The minimum absolute atomic E-state index is 0.0564. The van der Waals surface area contributed by atoms with Gasteiger partial charge in [0.25, 0.3) is 15.9 Å². The zero-order valence-corrected chi connectivity index (χ0v) is 20.6. The maximum atomic E-state index is 13.4. The summed E-state index contributed by atoms with van der Waals surface area (Å²) in [4.78, 5) is 17.5. The van der Waals surface area contributed by atoms with Crippen molar-refractivity contribution in [3.63, 3.8) is 0 Å². The van der Waals surface area contributed by atoms with Gasteiger partial charge in [-0.15, -0.1) is 0 Å². The minimum Gasteiger partial charge on any atom is -0.368 e. The molecule has 182 valence electrons. The highest BCUT2D eigenvalue weighted by Crippen LogP contribution is 2.37. The van der Waals surface area contributed by atoms with Crippen LogP contribution in [-0.2, 0) is 16.4 Å². The van der Waals surface area contributed by atoms with Gasteiger partial charge in [-0.3, -0.25) is 9.10 Å². The molecule has 0 bridgehead atoms. The molecule has 2 aliphatic rings. The van der Waals surface area contributed by atoms with Crippen molar-refractivity contribution in [3.05, 3.63) is 89.2 Å². The Morgan fingerprint density at radius 3 is 2.23 bits per heavy atom. The van der Waals surface area contributed by atoms with Gasteiger partial charge in [0.05, 0.1) is 10.6 Å². The van der Waals surface area contributed by atoms with Crippen molar-refractivity contribution in [2.45, 2.75) is 31.2 Å². The Hall–Kier alpha value is -3.39. The number of hydrogen-bond acceptors (Lipinski definition) is 4. The van der Waals surface area contributed by atoms with Crippen molar-refractivity contribution < 1.29 is 17.6 Å². The average molecular weight is 494 g/mol. The molecule has 0 aliphatic carbocycles. The lowest BCUT2D eigenvalue weighted by molar-refractivity contribution is 0.0746. The second kappa shape index (κ2) is 9.00. The molecule has 0 unspecified atom stereocenters. The lowest BCUT2D eigenvalue weighted by Crippen LogP contribution is -2.48. The summed E-state index contributed by atoms with van der Waals surface area (Å²) in [6.07, 6.45) is 0.555. The van der Waals surface area contributed by atoms with Gasteiger partial charge in [0.1, 0.15) is 5.82 Å². The number of rotatable bonds is 4. The van der Waals surface area contributed by atoms with Crippen LogP contribution < -0.4 is 9.21 Å². The van der Waals surface area contributed by atoms with Crippen LogP contribution in [0.3, 0.4) is 0 Å². The summed E-state index contributed by atoms with van der Waals surface area (Å²) in [5, 5.41) is 0. The Morgan fingerprint density at radius 1 is 0.914 bits per heavy atom. The van der Waals surface area contributed by atoms with Crippen LogP contribution in [0.2, 0.25) is 0 Å². The van der Waals surface area contributed by atoms with Crippen LogP contribution in [0.15, 0.2) is 71.6 Å². The van der Waals surface area contributed by atoms with Crippen LogP contribution in [0.5, 0.6) is 0 Å². The first kappa shape index (κ1) is 23.4. The first-order valence-corrected chi connectivity index (χ1v) is 13.2. The standard InChI is InChI=1S/C27H28FN3O3S/c1-19-3-10-25(11-4-19)35(33,34)31-20(2)17-22-18-21(5-12-26(22)31)27(32)30-15-13-29(14-16-30)24-8-6-23(28)7-9-24/h3-12,18,20H,13-17H2,1-2H3/t20-/m0/s1. The van der Waals surface area contributed by atoms with E-state index in [4.69, 9.17) is 0 Å². The molecule has 6 nitrogen and oxygen atoms in total. The van der Waals surface area contributed by atoms with Crippen molar-refractivity contribution in [2.24, 2.45) is 0 Å². The van der Waals surface area contributed by atoms with Crippen LogP contribution >= 0.6 is 0 Å². The summed E-state index contributed by atoms with van der Waals surface area (Å²) in [5.74, 6) is -0.322. The van der Waals surface area contributed by atoms with E-state index in [2.05, 4.69) is 4.90 Å². The molecule has 5 rings (SSSR count). The number of halogens is 1. The molecule has 1 amide bonds. The SMILES string of the molecule is Cc1ccc(S(=O)(=O)N2c3ccc(C(=O)N4CCN(c5ccc(F)cc5)CC4)cc3C[C@@H]2C)cc1. The normalized spacial score (nSPS) is 18.0. The highest BCUT2D eigenvalue weighted by Gasteiger charge is 2.36. The van der Waals surface area contributed by atoms with Gasteiger partial charge in [-0.05, 0) is 80.4 Å². The van der Waals surface area contributed by atoms with Gasteiger partial charge >= 0.3 is 0 Å². The van der Waals surface area contributed by atoms with E-state index in [1.807, 2.05) is 24.8 Å². The van der Waals surface area contributed by atoms with E-state index < -0.39 is 10.0 Å². The Kier molecular flexibility index (Phi) is 6.01. The van der Waals surface area contributed by atoms with Gasteiger partial charge in [0.15, 0.2) is 0 Å². The fourth-order valence-electron chi connectivity index (χ4n) is 4.93. The molecule has 2 aliphatic heterocycles. The van der Waals surface area contributed by atoms with E-state index in [-0.39, 0.29) is 22.7 Å². The summed E-state index contributed by atoms with van der Waals surface area (Å²) in [7, 11) is -3.70. The Bertz CT molecular complexity index is 1350.